The van der Waals surface area contributed by atoms with Gasteiger partial charge in [-0.25, -0.2) is 0 Å². The van der Waals surface area contributed by atoms with E-state index in [9.17, 15) is 23.2 Å². The lowest BCUT2D eigenvalue weighted by Gasteiger charge is -2.19. The highest BCUT2D eigenvalue weighted by atomic mass is 19.3. The Labute approximate surface area is 143 Å². The maximum absolute atomic E-state index is 12.3. The van der Waals surface area contributed by atoms with Gasteiger partial charge < -0.3 is 10.1 Å². The summed E-state index contributed by atoms with van der Waals surface area (Å²) in [5, 5.41) is 2.54. The molecule has 6 nitrogen and oxygen atoms in total. The fraction of sp³-hybridized carbons (Fsp3) is 0.471. The number of hydrogen-bond acceptors (Lipinski definition) is 4. The van der Waals surface area contributed by atoms with Gasteiger partial charge in [-0.1, -0.05) is 12.8 Å². The van der Waals surface area contributed by atoms with Gasteiger partial charge in [0, 0.05) is 5.69 Å². The Morgan fingerprint density at radius 3 is 2.20 bits per heavy atom. The lowest BCUT2D eigenvalue weighted by Crippen LogP contribution is -2.38. The quantitative estimate of drug-likeness (QED) is 0.826. The Hall–Kier alpha value is -2.51. The highest BCUT2D eigenvalue weighted by Crippen LogP contribution is 2.37. The van der Waals surface area contributed by atoms with Crippen molar-refractivity contribution in [2.45, 2.75) is 32.3 Å². The molecule has 0 radical (unpaired) electrons. The molecule has 0 aromatic heterocycles. The van der Waals surface area contributed by atoms with Crippen LogP contribution in [0.25, 0.3) is 0 Å². The van der Waals surface area contributed by atoms with E-state index in [2.05, 4.69) is 10.1 Å². The molecule has 0 spiro atoms. The second-order valence-corrected chi connectivity index (χ2v) is 6.21. The van der Waals surface area contributed by atoms with Crippen LogP contribution in [-0.2, 0) is 14.4 Å². The average Bonchev–Trinajstić information content (AvgIpc) is 2.82. The number of carbonyl (C=O) groups is 3. The molecule has 2 atom stereocenters. The molecule has 1 saturated carbocycles. The molecule has 25 heavy (non-hydrogen) atoms. The average molecular weight is 352 g/mol. The van der Waals surface area contributed by atoms with Crippen molar-refractivity contribution in [2.24, 2.45) is 11.8 Å². The van der Waals surface area contributed by atoms with Crippen molar-refractivity contribution in [2.75, 3.05) is 11.9 Å². The van der Waals surface area contributed by atoms with Crippen molar-refractivity contribution in [3.63, 3.8) is 0 Å². The molecule has 134 valence electrons. The minimum Gasteiger partial charge on any atom is -0.435 e. The van der Waals surface area contributed by atoms with E-state index in [0.29, 0.717) is 18.5 Å². The number of anilines is 1. The summed E-state index contributed by atoms with van der Waals surface area (Å²) in [4.78, 5) is 37.8. The number of rotatable bonds is 5. The first-order chi connectivity index (χ1) is 12.0. The van der Waals surface area contributed by atoms with Crippen LogP contribution in [0.2, 0.25) is 0 Å². The van der Waals surface area contributed by atoms with Gasteiger partial charge in [0.2, 0.25) is 17.7 Å². The molecule has 1 aliphatic carbocycles. The van der Waals surface area contributed by atoms with Crippen LogP contribution in [0.3, 0.4) is 0 Å². The highest BCUT2D eigenvalue weighted by Gasteiger charge is 2.48. The van der Waals surface area contributed by atoms with Crippen LogP contribution in [0.15, 0.2) is 24.3 Å². The number of benzene rings is 1. The van der Waals surface area contributed by atoms with Gasteiger partial charge in [-0.2, -0.15) is 8.78 Å². The van der Waals surface area contributed by atoms with E-state index < -0.39 is 12.5 Å². The Balaban J connectivity index is 1.59. The van der Waals surface area contributed by atoms with E-state index in [4.69, 9.17) is 0 Å². The van der Waals surface area contributed by atoms with Crippen LogP contribution in [0.5, 0.6) is 5.75 Å². The molecule has 1 saturated heterocycles. The second-order valence-electron chi connectivity index (χ2n) is 6.21. The van der Waals surface area contributed by atoms with Gasteiger partial charge in [-0.05, 0) is 37.1 Å². The molecular weight excluding hydrogens is 334 g/mol. The number of nitrogens with one attached hydrogen (secondary N) is 1. The number of hydrogen-bond donors (Lipinski definition) is 1. The van der Waals surface area contributed by atoms with Crippen LogP contribution in [-0.4, -0.2) is 35.8 Å². The summed E-state index contributed by atoms with van der Waals surface area (Å²) in [6, 6.07) is 5.40. The van der Waals surface area contributed by atoms with Crippen molar-refractivity contribution in [3.05, 3.63) is 24.3 Å². The summed E-state index contributed by atoms with van der Waals surface area (Å²) >= 11 is 0. The third kappa shape index (κ3) is 3.78. The summed E-state index contributed by atoms with van der Waals surface area (Å²) < 4.78 is 28.4. The van der Waals surface area contributed by atoms with E-state index in [-0.39, 0.29) is 35.9 Å². The fourth-order valence-electron chi connectivity index (χ4n) is 3.45. The molecule has 8 heteroatoms. The molecule has 1 N–H and O–H groups in total. The summed E-state index contributed by atoms with van der Waals surface area (Å²) in [6.07, 6.45) is 3.23. The van der Waals surface area contributed by atoms with E-state index >= 15 is 0 Å². The van der Waals surface area contributed by atoms with E-state index in [1.807, 2.05) is 0 Å². The van der Waals surface area contributed by atoms with Gasteiger partial charge in [0.15, 0.2) is 0 Å². The molecule has 2 fully saturated rings. The Morgan fingerprint density at radius 2 is 1.68 bits per heavy atom. The standard InChI is InChI=1S/C17H18F2N2O4/c18-17(19)25-11-7-5-10(6-8-11)20-14(22)9-21-15(23)12-3-1-2-4-13(12)16(21)24/h5-8,12-13,17H,1-4,9H2,(H,20,22)/t12-,13-/m0/s1. The predicted molar refractivity (Wildman–Crippen MR) is 83.9 cm³/mol. The molecule has 0 unspecified atom stereocenters. The summed E-state index contributed by atoms with van der Waals surface area (Å²) in [5.41, 5.74) is 0.364. The van der Waals surface area contributed by atoms with Crippen LogP contribution >= 0.6 is 0 Å². The molecule has 1 aromatic carbocycles. The lowest BCUT2D eigenvalue weighted by molar-refractivity contribution is -0.142. The molecule has 1 aliphatic heterocycles. The van der Waals surface area contributed by atoms with Crippen molar-refractivity contribution in [1.29, 1.82) is 0 Å². The zero-order valence-corrected chi connectivity index (χ0v) is 13.4. The monoisotopic (exact) mass is 352 g/mol. The molecule has 1 aromatic rings. The summed E-state index contributed by atoms with van der Waals surface area (Å²) in [5.74, 6) is -1.67. The van der Waals surface area contributed by atoms with Crippen LogP contribution < -0.4 is 10.1 Å². The Kier molecular flexibility index (Phi) is 4.96. The van der Waals surface area contributed by atoms with E-state index in [0.717, 1.165) is 17.7 Å². The van der Waals surface area contributed by atoms with Crippen molar-refractivity contribution < 1.29 is 27.9 Å². The van der Waals surface area contributed by atoms with Crippen molar-refractivity contribution >= 4 is 23.4 Å². The summed E-state index contributed by atoms with van der Waals surface area (Å²) in [6.45, 7) is -3.25. The molecule has 1 heterocycles. The topological polar surface area (TPSA) is 75.7 Å². The van der Waals surface area contributed by atoms with Crippen LogP contribution in [0.1, 0.15) is 25.7 Å². The molecule has 3 rings (SSSR count). The van der Waals surface area contributed by atoms with Gasteiger partial charge in [0.1, 0.15) is 12.3 Å². The van der Waals surface area contributed by atoms with Gasteiger partial charge >= 0.3 is 6.61 Å². The predicted octanol–water partition coefficient (Wildman–Crippen LogP) is 2.40. The number of ether oxygens (including phenoxy) is 1. The van der Waals surface area contributed by atoms with Crippen molar-refractivity contribution in [1.82, 2.24) is 4.90 Å². The van der Waals surface area contributed by atoms with E-state index in [1.165, 1.54) is 24.3 Å². The number of amides is 3. The molecular formula is C17H18F2N2O4. The minimum atomic E-state index is -2.92. The first kappa shape index (κ1) is 17.3. The zero-order valence-electron chi connectivity index (χ0n) is 13.4. The first-order valence-corrected chi connectivity index (χ1v) is 8.15. The van der Waals surface area contributed by atoms with E-state index in [1.54, 1.807) is 0 Å². The van der Waals surface area contributed by atoms with Crippen molar-refractivity contribution in [3.8, 4) is 5.75 Å². The third-order valence-electron chi connectivity index (χ3n) is 4.60. The van der Waals surface area contributed by atoms with Gasteiger partial charge in [-0.3, -0.25) is 19.3 Å². The largest absolute Gasteiger partial charge is 0.435 e. The fourth-order valence-corrected chi connectivity index (χ4v) is 3.45. The summed E-state index contributed by atoms with van der Waals surface area (Å²) in [7, 11) is 0. The molecule has 0 bridgehead atoms. The number of imide groups is 1. The zero-order chi connectivity index (χ0) is 18.0. The minimum absolute atomic E-state index is 0.0260. The van der Waals surface area contributed by atoms with Gasteiger partial charge in [-0.15, -0.1) is 0 Å². The van der Waals surface area contributed by atoms with Gasteiger partial charge in [0.25, 0.3) is 0 Å². The first-order valence-electron chi connectivity index (χ1n) is 8.15. The maximum atomic E-state index is 12.3. The third-order valence-corrected chi connectivity index (χ3v) is 4.60. The smallest absolute Gasteiger partial charge is 0.387 e. The molecule has 2 aliphatic rings. The number of fused-ring (bicyclic) bond motifs is 1. The van der Waals surface area contributed by atoms with Crippen LogP contribution in [0.4, 0.5) is 14.5 Å². The number of likely N-dealkylation sites (tertiary alicyclic amines) is 1. The lowest BCUT2D eigenvalue weighted by atomic mass is 9.81. The number of alkyl halides is 2. The Bertz CT molecular complexity index is 654. The Morgan fingerprint density at radius 1 is 1.12 bits per heavy atom. The number of halogens is 2. The number of nitrogens with zero attached hydrogens (tertiary/aromatic N) is 1. The molecule has 3 amide bonds. The maximum Gasteiger partial charge on any atom is 0.387 e. The number of carbonyl (C=O) groups excluding carboxylic acids is 3. The van der Waals surface area contributed by atoms with Crippen LogP contribution in [0, 0.1) is 11.8 Å². The second kappa shape index (κ2) is 7.16. The normalized spacial score (nSPS) is 22.9. The highest BCUT2D eigenvalue weighted by molar-refractivity contribution is 6.08. The SMILES string of the molecule is O=C(CN1C(=O)[C@H]2CCCC[C@@H]2C1=O)Nc1ccc(OC(F)F)cc1. The van der Waals surface area contributed by atoms with Gasteiger partial charge in [0.05, 0.1) is 11.8 Å².